The molecule has 0 aliphatic carbocycles. The number of fused-ring (bicyclic) bond motifs is 2. The molecule has 0 unspecified atom stereocenters. The zero-order valence-electron chi connectivity index (χ0n) is 16.4. The Balaban J connectivity index is 1.53. The van der Waals surface area contributed by atoms with Crippen LogP contribution in [0.4, 0.5) is 0 Å². The van der Waals surface area contributed by atoms with Crippen LogP contribution in [-0.2, 0) is 11.3 Å². The maximum absolute atomic E-state index is 12.7. The van der Waals surface area contributed by atoms with E-state index in [2.05, 4.69) is 10.3 Å². The number of hydrogen-bond donors (Lipinski definition) is 1. The average Bonchev–Trinajstić information content (AvgIpc) is 3.06. The molecule has 1 aliphatic rings. The monoisotopic (exact) mass is 413 g/mol. The summed E-state index contributed by atoms with van der Waals surface area (Å²) in [5.74, 6) is 1.33. The van der Waals surface area contributed by atoms with Crippen molar-refractivity contribution in [2.24, 2.45) is 5.92 Å². The lowest BCUT2D eigenvalue weighted by Crippen LogP contribution is -2.36. The number of benzene rings is 1. The molecule has 0 saturated heterocycles. The van der Waals surface area contributed by atoms with Gasteiger partial charge in [-0.15, -0.1) is 11.3 Å². The second kappa shape index (κ2) is 8.24. The quantitative estimate of drug-likeness (QED) is 0.695. The summed E-state index contributed by atoms with van der Waals surface area (Å²) in [5.41, 5.74) is 0.736. The number of aromatic nitrogens is 2. The number of hydrogen-bond acceptors (Lipinski definition) is 6. The van der Waals surface area contributed by atoms with Crippen LogP contribution in [0.1, 0.15) is 31.9 Å². The molecule has 2 aromatic heterocycles. The van der Waals surface area contributed by atoms with Gasteiger partial charge < -0.3 is 14.8 Å². The van der Waals surface area contributed by atoms with E-state index in [1.165, 1.54) is 22.2 Å². The molecule has 29 heavy (non-hydrogen) atoms. The fourth-order valence-electron chi connectivity index (χ4n) is 3.39. The molecule has 1 amide bonds. The minimum absolute atomic E-state index is 0.0780. The van der Waals surface area contributed by atoms with Crippen molar-refractivity contribution < 1.29 is 14.3 Å². The highest BCUT2D eigenvalue weighted by atomic mass is 32.1. The molecule has 3 aromatic rings. The van der Waals surface area contributed by atoms with E-state index >= 15 is 0 Å². The summed E-state index contributed by atoms with van der Waals surface area (Å²) in [6.07, 6.45) is 2.27. The number of thiophene rings is 1. The molecule has 152 valence electrons. The summed E-state index contributed by atoms with van der Waals surface area (Å²) >= 11 is 1.41. The second-order valence-electron chi connectivity index (χ2n) is 7.36. The van der Waals surface area contributed by atoms with Crippen LogP contribution < -0.4 is 20.3 Å². The first-order chi connectivity index (χ1) is 14.0. The summed E-state index contributed by atoms with van der Waals surface area (Å²) in [6.45, 7) is 5.24. The smallest absolute Gasteiger partial charge is 0.262 e. The summed E-state index contributed by atoms with van der Waals surface area (Å²) < 4.78 is 12.8. The molecule has 8 heteroatoms. The second-order valence-corrected chi connectivity index (χ2v) is 8.26. The molecule has 3 heterocycles. The van der Waals surface area contributed by atoms with Crippen LogP contribution in [0.15, 0.2) is 40.8 Å². The van der Waals surface area contributed by atoms with Gasteiger partial charge in [0.25, 0.3) is 5.56 Å². The maximum atomic E-state index is 12.7. The third kappa shape index (κ3) is 4.12. The third-order valence-corrected chi connectivity index (χ3v) is 5.70. The van der Waals surface area contributed by atoms with Gasteiger partial charge in [-0.2, -0.15) is 0 Å². The van der Waals surface area contributed by atoms with Gasteiger partial charge in [0, 0.05) is 6.42 Å². The van der Waals surface area contributed by atoms with Crippen molar-refractivity contribution in [3.8, 4) is 11.5 Å². The molecule has 0 spiro atoms. The first-order valence-corrected chi connectivity index (χ1v) is 10.5. The zero-order chi connectivity index (χ0) is 20.4. The molecule has 4 rings (SSSR count). The Morgan fingerprint density at radius 2 is 2.03 bits per heavy atom. The Hall–Kier alpha value is -2.87. The molecule has 0 fully saturated rings. The van der Waals surface area contributed by atoms with Crippen molar-refractivity contribution in [1.82, 2.24) is 14.9 Å². The summed E-state index contributed by atoms with van der Waals surface area (Å²) in [6, 6.07) is 7.28. The average molecular weight is 413 g/mol. The van der Waals surface area contributed by atoms with Crippen LogP contribution in [0.25, 0.3) is 10.2 Å². The van der Waals surface area contributed by atoms with E-state index in [0.717, 1.165) is 17.7 Å². The molecule has 7 nitrogen and oxygen atoms in total. The molecule has 0 saturated carbocycles. The first kappa shape index (κ1) is 19.4. The van der Waals surface area contributed by atoms with Crippen LogP contribution in [-0.4, -0.2) is 28.7 Å². The Bertz CT molecular complexity index is 1090. The lowest BCUT2D eigenvalue weighted by atomic mass is 9.95. The Kier molecular flexibility index (Phi) is 5.53. The predicted octanol–water partition coefficient (Wildman–Crippen LogP) is 3.13. The number of ether oxygens (including phenoxy) is 2. The lowest BCUT2D eigenvalue weighted by Gasteiger charge is -2.24. The van der Waals surface area contributed by atoms with Gasteiger partial charge >= 0.3 is 0 Å². The van der Waals surface area contributed by atoms with Gasteiger partial charge in [-0.25, -0.2) is 4.98 Å². The number of carbonyl (C=O) groups is 1. The first-order valence-electron chi connectivity index (χ1n) is 9.64. The number of nitrogens with one attached hydrogen (secondary N) is 1. The van der Waals surface area contributed by atoms with Crippen molar-refractivity contribution in [2.75, 3.05) is 13.2 Å². The molecule has 0 radical (unpaired) electrons. The van der Waals surface area contributed by atoms with E-state index in [0.29, 0.717) is 29.2 Å². The molecule has 1 aliphatic heterocycles. The highest BCUT2D eigenvalue weighted by Crippen LogP contribution is 2.34. The summed E-state index contributed by atoms with van der Waals surface area (Å²) in [5, 5.41) is 5.41. The fourth-order valence-corrected chi connectivity index (χ4v) is 4.11. The van der Waals surface area contributed by atoms with Crippen molar-refractivity contribution in [3.63, 3.8) is 0 Å². The normalized spacial score (nSPS) is 14.6. The maximum Gasteiger partial charge on any atom is 0.262 e. The number of carbonyl (C=O) groups excluding carboxylic acids is 1. The van der Waals surface area contributed by atoms with Crippen LogP contribution in [0, 0.1) is 5.92 Å². The minimum atomic E-state index is -0.241. The van der Waals surface area contributed by atoms with Gasteiger partial charge in [0.1, 0.15) is 11.4 Å². The Morgan fingerprint density at radius 1 is 1.24 bits per heavy atom. The van der Waals surface area contributed by atoms with Gasteiger partial charge in [-0.1, -0.05) is 19.9 Å². The topological polar surface area (TPSA) is 82.5 Å². The SMILES string of the molecule is CC(C)[C@@H](NC(=O)Cn1cnc2sccc2c1=O)c1ccc2c(c1)OCCCO2. The minimum Gasteiger partial charge on any atom is -0.490 e. The van der Waals surface area contributed by atoms with Crippen LogP contribution in [0.3, 0.4) is 0 Å². The molecule has 1 atom stereocenters. The van der Waals surface area contributed by atoms with Gasteiger partial charge in [-0.05, 0) is 35.1 Å². The van der Waals surface area contributed by atoms with Crippen LogP contribution >= 0.6 is 11.3 Å². The van der Waals surface area contributed by atoms with Crippen molar-refractivity contribution in [3.05, 3.63) is 51.9 Å². The molecule has 1 aromatic carbocycles. The highest BCUT2D eigenvalue weighted by molar-refractivity contribution is 7.16. The molecular formula is C21H23N3O4S. The molecule has 0 bridgehead atoms. The van der Waals surface area contributed by atoms with Gasteiger partial charge in [0.2, 0.25) is 5.91 Å². The van der Waals surface area contributed by atoms with E-state index in [9.17, 15) is 9.59 Å². The van der Waals surface area contributed by atoms with Crippen LogP contribution in [0.2, 0.25) is 0 Å². The largest absolute Gasteiger partial charge is 0.490 e. The molecular weight excluding hydrogens is 390 g/mol. The van der Waals surface area contributed by atoms with E-state index in [1.54, 1.807) is 6.07 Å². The van der Waals surface area contributed by atoms with E-state index in [1.807, 2.05) is 37.4 Å². The van der Waals surface area contributed by atoms with Gasteiger partial charge in [0.05, 0.1) is 31.0 Å². The molecule has 1 N–H and O–H groups in total. The van der Waals surface area contributed by atoms with Gasteiger partial charge in [0.15, 0.2) is 11.5 Å². The van der Waals surface area contributed by atoms with E-state index < -0.39 is 0 Å². The van der Waals surface area contributed by atoms with E-state index in [4.69, 9.17) is 9.47 Å². The highest BCUT2D eigenvalue weighted by Gasteiger charge is 2.21. The number of amides is 1. The Labute approximate surface area is 172 Å². The van der Waals surface area contributed by atoms with Crippen molar-refractivity contribution >= 4 is 27.5 Å². The Morgan fingerprint density at radius 3 is 2.83 bits per heavy atom. The van der Waals surface area contributed by atoms with Gasteiger partial charge in [-0.3, -0.25) is 14.2 Å². The fraction of sp³-hybridized carbons (Fsp3) is 0.381. The number of rotatable bonds is 5. The summed E-state index contributed by atoms with van der Waals surface area (Å²) in [4.78, 5) is 30.2. The lowest BCUT2D eigenvalue weighted by molar-refractivity contribution is -0.122. The summed E-state index contributed by atoms with van der Waals surface area (Å²) in [7, 11) is 0. The third-order valence-electron chi connectivity index (χ3n) is 4.88. The van der Waals surface area contributed by atoms with E-state index in [-0.39, 0.29) is 30.0 Å². The number of nitrogens with zero attached hydrogens (tertiary/aromatic N) is 2. The standard InChI is InChI=1S/C21H23N3O4S/c1-13(2)19(14-4-5-16-17(10-14)28-8-3-7-27-16)23-18(25)11-24-12-22-20-15(21(24)26)6-9-29-20/h4-6,9-10,12-13,19H,3,7-8,11H2,1-2H3,(H,23,25)/t19-/m1/s1. The van der Waals surface area contributed by atoms with Crippen molar-refractivity contribution in [1.29, 1.82) is 0 Å². The van der Waals surface area contributed by atoms with Crippen molar-refractivity contribution in [2.45, 2.75) is 32.9 Å². The predicted molar refractivity (Wildman–Crippen MR) is 112 cm³/mol. The zero-order valence-corrected chi connectivity index (χ0v) is 17.2. The van der Waals surface area contributed by atoms with Crippen LogP contribution in [0.5, 0.6) is 11.5 Å².